The van der Waals surface area contributed by atoms with Gasteiger partial charge in [0.05, 0.1) is 6.10 Å². The number of rotatable bonds is 6. The van der Waals surface area contributed by atoms with E-state index in [0.717, 1.165) is 13.0 Å². The fraction of sp³-hybridized carbons (Fsp3) is 0.778. The lowest BCUT2D eigenvalue weighted by Gasteiger charge is -2.12. The maximum Gasteiger partial charge on any atom is 0.0667 e. The van der Waals surface area contributed by atoms with Crippen molar-refractivity contribution in [2.24, 2.45) is 5.92 Å². The second-order valence-electron chi connectivity index (χ2n) is 3.23. The van der Waals surface area contributed by atoms with Crippen molar-refractivity contribution in [3.63, 3.8) is 0 Å². The molecule has 0 amide bonds. The number of hydrogen-bond donors (Lipinski definition) is 2. The summed E-state index contributed by atoms with van der Waals surface area (Å²) in [5, 5.41) is 12.4. The molecule has 0 radical (unpaired) electrons. The highest BCUT2D eigenvalue weighted by Crippen LogP contribution is 2.02. The molecule has 0 heterocycles. The van der Waals surface area contributed by atoms with Gasteiger partial charge in [0.25, 0.3) is 0 Å². The molecule has 0 aromatic carbocycles. The first-order chi connectivity index (χ1) is 5.16. The largest absolute Gasteiger partial charge is 0.392 e. The van der Waals surface area contributed by atoms with Crippen LogP contribution in [0.2, 0.25) is 0 Å². The highest BCUT2D eigenvalue weighted by molar-refractivity contribution is 4.71. The molecule has 2 heteroatoms. The van der Waals surface area contributed by atoms with Gasteiger partial charge in [-0.2, -0.15) is 0 Å². The van der Waals surface area contributed by atoms with Gasteiger partial charge in [-0.15, -0.1) is 6.58 Å². The highest BCUT2D eigenvalue weighted by atomic mass is 16.3. The second kappa shape index (κ2) is 6.38. The average molecular weight is 157 g/mol. The van der Waals surface area contributed by atoms with Gasteiger partial charge in [0.2, 0.25) is 0 Å². The summed E-state index contributed by atoms with van der Waals surface area (Å²) in [6.07, 6.45) is 2.45. The van der Waals surface area contributed by atoms with E-state index in [9.17, 15) is 5.11 Å². The van der Waals surface area contributed by atoms with Crippen LogP contribution < -0.4 is 5.32 Å². The highest BCUT2D eigenvalue weighted by Gasteiger charge is 2.04. The van der Waals surface area contributed by atoms with Gasteiger partial charge in [-0.1, -0.05) is 19.9 Å². The number of hydrogen-bond acceptors (Lipinski definition) is 2. The maximum atomic E-state index is 9.35. The van der Waals surface area contributed by atoms with Crippen LogP contribution in [0.5, 0.6) is 0 Å². The standard InChI is InChI=1S/C9H19NO/c1-4-5-10-7-9(11)6-8(2)3/h4,8-11H,1,5-7H2,2-3H3. The molecule has 0 spiro atoms. The Morgan fingerprint density at radius 1 is 1.55 bits per heavy atom. The molecular formula is C9H19NO. The summed E-state index contributed by atoms with van der Waals surface area (Å²) in [5.74, 6) is 0.565. The van der Waals surface area contributed by atoms with E-state index in [-0.39, 0.29) is 6.10 Å². The summed E-state index contributed by atoms with van der Waals surface area (Å²) >= 11 is 0. The van der Waals surface area contributed by atoms with Crippen LogP contribution in [0.4, 0.5) is 0 Å². The van der Waals surface area contributed by atoms with E-state index in [4.69, 9.17) is 0 Å². The summed E-state index contributed by atoms with van der Waals surface area (Å²) in [4.78, 5) is 0. The predicted molar refractivity (Wildman–Crippen MR) is 48.5 cm³/mol. The second-order valence-corrected chi connectivity index (χ2v) is 3.23. The Labute approximate surface area is 69.3 Å². The Hall–Kier alpha value is -0.340. The van der Waals surface area contributed by atoms with Crippen molar-refractivity contribution in [1.82, 2.24) is 5.32 Å². The summed E-state index contributed by atoms with van der Waals surface area (Å²) in [6.45, 7) is 9.23. The number of nitrogens with one attached hydrogen (secondary N) is 1. The third kappa shape index (κ3) is 7.56. The van der Waals surface area contributed by atoms with Gasteiger partial charge in [0.1, 0.15) is 0 Å². The Bertz CT molecular complexity index is 102. The zero-order valence-electron chi connectivity index (χ0n) is 7.51. The SMILES string of the molecule is C=CCNCC(O)CC(C)C. The third-order valence-electron chi connectivity index (χ3n) is 1.41. The van der Waals surface area contributed by atoms with Gasteiger partial charge in [-0.3, -0.25) is 0 Å². The van der Waals surface area contributed by atoms with Crippen molar-refractivity contribution in [2.75, 3.05) is 13.1 Å². The lowest BCUT2D eigenvalue weighted by Crippen LogP contribution is -2.27. The van der Waals surface area contributed by atoms with Crippen molar-refractivity contribution in [3.05, 3.63) is 12.7 Å². The van der Waals surface area contributed by atoms with E-state index >= 15 is 0 Å². The Kier molecular flexibility index (Phi) is 6.18. The van der Waals surface area contributed by atoms with Crippen LogP contribution in [0.25, 0.3) is 0 Å². The minimum Gasteiger partial charge on any atom is -0.392 e. The van der Waals surface area contributed by atoms with Crippen LogP contribution in [0, 0.1) is 5.92 Å². The smallest absolute Gasteiger partial charge is 0.0667 e. The first-order valence-electron chi connectivity index (χ1n) is 4.16. The molecule has 0 fully saturated rings. The van der Waals surface area contributed by atoms with E-state index in [1.165, 1.54) is 0 Å². The van der Waals surface area contributed by atoms with Crippen LogP contribution in [0.15, 0.2) is 12.7 Å². The van der Waals surface area contributed by atoms with Crippen molar-refractivity contribution in [1.29, 1.82) is 0 Å². The molecule has 0 aliphatic carbocycles. The zero-order valence-corrected chi connectivity index (χ0v) is 7.51. The summed E-state index contributed by atoms with van der Waals surface area (Å²) in [7, 11) is 0. The summed E-state index contributed by atoms with van der Waals surface area (Å²) in [5.41, 5.74) is 0. The van der Waals surface area contributed by atoms with Crippen molar-refractivity contribution in [3.8, 4) is 0 Å². The molecule has 66 valence electrons. The predicted octanol–water partition coefficient (Wildman–Crippen LogP) is 1.17. The molecule has 0 aromatic heterocycles. The quantitative estimate of drug-likeness (QED) is 0.448. The van der Waals surface area contributed by atoms with Crippen LogP contribution in [-0.2, 0) is 0 Å². The van der Waals surface area contributed by atoms with Crippen LogP contribution in [0.1, 0.15) is 20.3 Å². The van der Waals surface area contributed by atoms with Crippen molar-refractivity contribution >= 4 is 0 Å². The Morgan fingerprint density at radius 2 is 2.18 bits per heavy atom. The van der Waals surface area contributed by atoms with Gasteiger partial charge in [0.15, 0.2) is 0 Å². The maximum absolute atomic E-state index is 9.35. The molecule has 11 heavy (non-hydrogen) atoms. The molecule has 1 atom stereocenters. The average Bonchev–Trinajstić information content (AvgIpc) is 1.86. The fourth-order valence-corrected chi connectivity index (χ4v) is 0.979. The van der Waals surface area contributed by atoms with E-state index in [0.29, 0.717) is 12.5 Å². The molecule has 0 aliphatic heterocycles. The lowest BCUT2D eigenvalue weighted by atomic mass is 10.1. The monoisotopic (exact) mass is 157 g/mol. The topological polar surface area (TPSA) is 32.3 Å². The van der Waals surface area contributed by atoms with Crippen molar-refractivity contribution < 1.29 is 5.11 Å². The van der Waals surface area contributed by atoms with E-state index in [2.05, 4.69) is 25.7 Å². The molecule has 0 aromatic rings. The minimum atomic E-state index is -0.213. The van der Waals surface area contributed by atoms with Gasteiger partial charge < -0.3 is 10.4 Å². The lowest BCUT2D eigenvalue weighted by molar-refractivity contribution is 0.148. The van der Waals surface area contributed by atoms with E-state index in [1.807, 2.05) is 0 Å². The molecule has 0 saturated carbocycles. The molecule has 0 saturated heterocycles. The van der Waals surface area contributed by atoms with Crippen molar-refractivity contribution in [2.45, 2.75) is 26.4 Å². The fourth-order valence-electron chi connectivity index (χ4n) is 0.979. The van der Waals surface area contributed by atoms with E-state index in [1.54, 1.807) is 6.08 Å². The zero-order chi connectivity index (χ0) is 8.69. The minimum absolute atomic E-state index is 0.213. The molecule has 2 N–H and O–H groups in total. The molecule has 2 nitrogen and oxygen atoms in total. The van der Waals surface area contributed by atoms with Gasteiger partial charge >= 0.3 is 0 Å². The van der Waals surface area contributed by atoms with Gasteiger partial charge in [-0.05, 0) is 12.3 Å². The Morgan fingerprint density at radius 3 is 2.64 bits per heavy atom. The van der Waals surface area contributed by atoms with Gasteiger partial charge in [-0.25, -0.2) is 0 Å². The molecule has 0 bridgehead atoms. The van der Waals surface area contributed by atoms with Gasteiger partial charge in [0, 0.05) is 13.1 Å². The molecule has 0 aliphatic rings. The number of aliphatic hydroxyl groups excluding tert-OH is 1. The third-order valence-corrected chi connectivity index (χ3v) is 1.41. The summed E-state index contributed by atoms with van der Waals surface area (Å²) in [6, 6.07) is 0. The van der Waals surface area contributed by atoms with Crippen LogP contribution >= 0.6 is 0 Å². The Balaban J connectivity index is 3.21. The molecular weight excluding hydrogens is 138 g/mol. The first kappa shape index (κ1) is 10.7. The molecule has 1 unspecified atom stereocenters. The van der Waals surface area contributed by atoms with Crippen LogP contribution in [0.3, 0.4) is 0 Å². The number of aliphatic hydroxyl groups is 1. The normalized spacial score (nSPS) is 13.5. The van der Waals surface area contributed by atoms with E-state index < -0.39 is 0 Å². The summed E-state index contributed by atoms with van der Waals surface area (Å²) < 4.78 is 0. The van der Waals surface area contributed by atoms with Crippen LogP contribution in [-0.4, -0.2) is 24.3 Å². The first-order valence-corrected chi connectivity index (χ1v) is 4.16. The molecule has 0 rings (SSSR count).